The molecule has 0 atom stereocenters. The second-order valence-electron chi connectivity index (χ2n) is 6.07. The van der Waals surface area contributed by atoms with Crippen molar-refractivity contribution >= 4 is 34.8 Å². The lowest BCUT2D eigenvalue weighted by Crippen LogP contribution is -2.29. The lowest BCUT2D eigenvalue weighted by Gasteiger charge is -2.16. The predicted molar refractivity (Wildman–Crippen MR) is 98.7 cm³/mol. The minimum absolute atomic E-state index is 0.235. The summed E-state index contributed by atoms with van der Waals surface area (Å²) >= 11 is 6.03. The van der Waals surface area contributed by atoms with Crippen LogP contribution in [-0.4, -0.2) is 11.8 Å². The zero-order valence-corrected chi connectivity index (χ0v) is 15.0. The Labute approximate surface area is 147 Å². The van der Waals surface area contributed by atoms with E-state index in [1.807, 2.05) is 45.9 Å². The SMILES string of the molecule is Cc1ccc(NC(=O)C(=O)Nc2c(C)cccc2C(C)C)cc1Cl. The summed E-state index contributed by atoms with van der Waals surface area (Å²) in [6.45, 7) is 7.85. The summed E-state index contributed by atoms with van der Waals surface area (Å²) in [6.07, 6.45) is 0. The van der Waals surface area contributed by atoms with Crippen LogP contribution in [0.2, 0.25) is 5.02 Å². The number of rotatable bonds is 3. The lowest BCUT2D eigenvalue weighted by atomic mass is 9.98. The molecule has 0 bridgehead atoms. The van der Waals surface area contributed by atoms with Crippen LogP contribution in [0, 0.1) is 13.8 Å². The number of anilines is 2. The largest absolute Gasteiger partial charge is 0.318 e. The maximum Gasteiger partial charge on any atom is 0.314 e. The number of amides is 2. The van der Waals surface area contributed by atoms with Crippen LogP contribution in [-0.2, 0) is 9.59 Å². The molecule has 126 valence electrons. The Morgan fingerprint density at radius 3 is 2.25 bits per heavy atom. The molecule has 4 nitrogen and oxygen atoms in total. The van der Waals surface area contributed by atoms with Crippen LogP contribution in [0.5, 0.6) is 0 Å². The molecule has 0 aliphatic rings. The maximum absolute atomic E-state index is 12.2. The first-order chi connectivity index (χ1) is 11.3. The Hall–Kier alpha value is -2.33. The number of para-hydroxylation sites is 1. The quantitative estimate of drug-likeness (QED) is 0.796. The van der Waals surface area contributed by atoms with Crippen molar-refractivity contribution in [2.75, 3.05) is 10.6 Å². The summed E-state index contributed by atoms with van der Waals surface area (Å²) in [5, 5.41) is 5.82. The Balaban J connectivity index is 2.15. The van der Waals surface area contributed by atoms with Crippen molar-refractivity contribution in [3.63, 3.8) is 0 Å². The molecule has 2 N–H and O–H groups in total. The summed E-state index contributed by atoms with van der Waals surface area (Å²) in [4.78, 5) is 24.4. The van der Waals surface area contributed by atoms with Gasteiger partial charge in [0.1, 0.15) is 0 Å². The van der Waals surface area contributed by atoms with Crippen molar-refractivity contribution in [2.45, 2.75) is 33.6 Å². The van der Waals surface area contributed by atoms with Crippen molar-refractivity contribution in [3.05, 3.63) is 58.1 Å². The van der Waals surface area contributed by atoms with Gasteiger partial charge in [0.15, 0.2) is 0 Å². The molecule has 24 heavy (non-hydrogen) atoms. The molecule has 2 aromatic carbocycles. The fraction of sp³-hybridized carbons (Fsp3) is 0.263. The molecule has 0 unspecified atom stereocenters. The Kier molecular flexibility index (Phi) is 5.62. The van der Waals surface area contributed by atoms with E-state index in [9.17, 15) is 9.59 Å². The van der Waals surface area contributed by atoms with Crippen LogP contribution in [0.1, 0.15) is 36.5 Å². The third-order valence-electron chi connectivity index (χ3n) is 3.80. The average Bonchev–Trinajstić information content (AvgIpc) is 2.52. The molecule has 0 saturated heterocycles. The van der Waals surface area contributed by atoms with Crippen molar-refractivity contribution in [3.8, 4) is 0 Å². The zero-order valence-electron chi connectivity index (χ0n) is 14.2. The van der Waals surface area contributed by atoms with Gasteiger partial charge in [-0.1, -0.05) is 49.7 Å². The number of benzene rings is 2. The first-order valence-corrected chi connectivity index (χ1v) is 8.15. The molecule has 2 aromatic rings. The number of carbonyl (C=O) groups is 2. The molecule has 5 heteroatoms. The van der Waals surface area contributed by atoms with Crippen LogP contribution < -0.4 is 10.6 Å². The smallest absolute Gasteiger partial charge is 0.314 e. The molecule has 0 spiro atoms. The molecule has 0 heterocycles. The number of halogens is 1. The average molecular weight is 345 g/mol. The minimum atomic E-state index is -0.729. The molecule has 2 rings (SSSR count). The van der Waals surface area contributed by atoms with E-state index in [-0.39, 0.29) is 5.92 Å². The maximum atomic E-state index is 12.2. The summed E-state index contributed by atoms with van der Waals surface area (Å²) in [6, 6.07) is 10.9. The Bertz CT molecular complexity index is 785. The molecule has 0 aliphatic carbocycles. The molecule has 0 aliphatic heterocycles. The highest BCUT2D eigenvalue weighted by atomic mass is 35.5. The van der Waals surface area contributed by atoms with Gasteiger partial charge < -0.3 is 10.6 Å². The summed E-state index contributed by atoms with van der Waals surface area (Å²) < 4.78 is 0. The molecule has 0 radical (unpaired) electrons. The monoisotopic (exact) mass is 344 g/mol. The first-order valence-electron chi connectivity index (χ1n) is 7.77. The number of aryl methyl sites for hydroxylation is 2. The van der Waals surface area contributed by atoms with Crippen LogP contribution in [0.4, 0.5) is 11.4 Å². The second-order valence-corrected chi connectivity index (χ2v) is 6.47. The van der Waals surface area contributed by atoms with Crippen molar-refractivity contribution in [1.29, 1.82) is 0 Å². The standard InChI is InChI=1S/C19H21ClN2O2/c1-11(2)15-7-5-6-13(4)17(15)22-19(24)18(23)21-14-9-8-12(3)16(20)10-14/h5-11H,1-4H3,(H,21,23)(H,22,24). The molecular weight excluding hydrogens is 324 g/mol. The van der Waals surface area contributed by atoms with Crippen LogP contribution >= 0.6 is 11.6 Å². The Morgan fingerprint density at radius 2 is 1.62 bits per heavy atom. The van der Waals surface area contributed by atoms with Gasteiger partial charge in [0.05, 0.1) is 0 Å². The molecule has 0 fully saturated rings. The fourth-order valence-corrected chi connectivity index (χ4v) is 2.55. The molecule has 2 amide bonds. The van der Waals surface area contributed by atoms with E-state index in [0.29, 0.717) is 16.4 Å². The normalized spacial score (nSPS) is 10.6. The Morgan fingerprint density at radius 1 is 0.958 bits per heavy atom. The first kappa shape index (κ1) is 18.0. The highest BCUT2D eigenvalue weighted by Crippen LogP contribution is 2.27. The minimum Gasteiger partial charge on any atom is -0.318 e. The molecule has 0 saturated carbocycles. The lowest BCUT2D eigenvalue weighted by molar-refractivity contribution is -0.133. The topological polar surface area (TPSA) is 58.2 Å². The van der Waals surface area contributed by atoms with Crippen molar-refractivity contribution in [1.82, 2.24) is 0 Å². The summed E-state index contributed by atoms with van der Waals surface area (Å²) in [5.74, 6) is -1.20. The number of carbonyl (C=O) groups excluding carboxylic acids is 2. The van der Waals surface area contributed by atoms with E-state index < -0.39 is 11.8 Å². The van der Waals surface area contributed by atoms with Gasteiger partial charge in [-0.3, -0.25) is 9.59 Å². The van der Waals surface area contributed by atoms with Crippen LogP contribution in [0.25, 0.3) is 0 Å². The third kappa shape index (κ3) is 4.15. The van der Waals surface area contributed by atoms with Gasteiger partial charge >= 0.3 is 11.8 Å². The van der Waals surface area contributed by atoms with E-state index >= 15 is 0 Å². The van der Waals surface area contributed by atoms with Gasteiger partial charge in [0.2, 0.25) is 0 Å². The van der Waals surface area contributed by atoms with E-state index in [2.05, 4.69) is 10.6 Å². The van der Waals surface area contributed by atoms with Crippen LogP contribution in [0.15, 0.2) is 36.4 Å². The van der Waals surface area contributed by atoms with Crippen molar-refractivity contribution < 1.29 is 9.59 Å². The van der Waals surface area contributed by atoms with Gasteiger partial charge in [0.25, 0.3) is 0 Å². The number of hydrogen-bond acceptors (Lipinski definition) is 2. The van der Waals surface area contributed by atoms with Gasteiger partial charge in [-0.25, -0.2) is 0 Å². The fourth-order valence-electron chi connectivity index (χ4n) is 2.37. The highest BCUT2D eigenvalue weighted by Gasteiger charge is 2.18. The number of nitrogens with one attached hydrogen (secondary N) is 2. The summed E-state index contributed by atoms with van der Waals surface area (Å²) in [5.41, 5.74) is 3.99. The van der Waals surface area contributed by atoms with E-state index in [1.54, 1.807) is 18.2 Å². The van der Waals surface area contributed by atoms with Gasteiger partial charge in [-0.2, -0.15) is 0 Å². The molecule has 0 aromatic heterocycles. The van der Waals surface area contributed by atoms with Crippen LogP contribution in [0.3, 0.4) is 0 Å². The van der Waals surface area contributed by atoms with E-state index in [4.69, 9.17) is 11.6 Å². The number of hydrogen-bond donors (Lipinski definition) is 2. The van der Waals surface area contributed by atoms with Gasteiger partial charge in [-0.15, -0.1) is 0 Å². The highest BCUT2D eigenvalue weighted by molar-refractivity contribution is 6.44. The molecular formula is C19H21ClN2O2. The summed E-state index contributed by atoms with van der Waals surface area (Å²) in [7, 11) is 0. The van der Waals surface area contributed by atoms with Crippen molar-refractivity contribution in [2.24, 2.45) is 0 Å². The zero-order chi connectivity index (χ0) is 17.9. The third-order valence-corrected chi connectivity index (χ3v) is 4.21. The van der Waals surface area contributed by atoms with E-state index in [0.717, 1.165) is 16.7 Å². The van der Waals surface area contributed by atoms with E-state index in [1.165, 1.54) is 0 Å². The second kappa shape index (κ2) is 7.49. The van der Waals surface area contributed by atoms with Gasteiger partial charge in [0, 0.05) is 16.4 Å². The predicted octanol–water partition coefficient (Wildman–Crippen LogP) is 4.66. The van der Waals surface area contributed by atoms with Gasteiger partial charge in [-0.05, 0) is 48.6 Å².